The van der Waals surface area contributed by atoms with Crippen LogP contribution in [0.15, 0.2) is 0 Å². The van der Waals surface area contributed by atoms with Crippen molar-refractivity contribution in [2.24, 2.45) is 11.3 Å². The van der Waals surface area contributed by atoms with Crippen molar-refractivity contribution in [3.63, 3.8) is 0 Å². The van der Waals surface area contributed by atoms with Crippen molar-refractivity contribution < 1.29 is 14.7 Å². The number of carboxylic acid groups (broad SMARTS) is 1. The summed E-state index contributed by atoms with van der Waals surface area (Å²) in [5.41, 5.74) is -0.799. The van der Waals surface area contributed by atoms with Crippen LogP contribution in [0.1, 0.15) is 58.8 Å². The zero-order chi connectivity index (χ0) is 13.6. The highest BCUT2D eigenvalue weighted by Gasteiger charge is 2.35. The second kappa shape index (κ2) is 6.76. The monoisotopic (exact) mass is 255 g/mol. The molecule has 4 nitrogen and oxygen atoms in total. The Morgan fingerprint density at radius 1 is 1.28 bits per heavy atom. The van der Waals surface area contributed by atoms with Crippen LogP contribution in [0.3, 0.4) is 0 Å². The molecule has 0 bridgehead atoms. The molecule has 18 heavy (non-hydrogen) atoms. The lowest BCUT2D eigenvalue weighted by atomic mass is 9.81. The van der Waals surface area contributed by atoms with E-state index < -0.39 is 11.4 Å². The van der Waals surface area contributed by atoms with Crippen molar-refractivity contribution >= 4 is 11.9 Å². The van der Waals surface area contributed by atoms with Gasteiger partial charge in [-0.2, -0.15) is 0 Å². The lowest BCUT2D eigenvalue weighted by Crippen LogP contribution is -2.42. The van der Waals surface area contributed by atoms with Gasteiger partial charge in [0.1, 0.15) is 0 Å². The van der Waals surface area contributed by atoms with Gasteiger partial charge in [-0.15, -0.1) is 0 Å². The van der Waals surface area contributed by atoms with Crippen molar-refractivity contribution in [1.82, 2.24) is 5.32 Å². The second-order valence-corrected chi connectivity index (χ2v) is 5.40. The van der Waals surface area contributed by atoms with Crippen LogP contribution in [-0.2, 0) is 9.59 Å². The molecule has 0 spiro atoms. The van der Waals surface area contributed by atoms with E-state index in [0.717, 1.165) is 12.3 Å². The number of carboxylic acids is 1. The van der Waals surface area contributed by atoms with Crippen LogP contribution < -0.4 is 5.32 Å². The number of rotatable bonds is 8. The standard InChI is InChI=1S/C14H25NO3/c1-3-14(4-2,13(17)18)10-15-12(16)9-8-11-6-5-7-11/h11H,3-10H2,1-2H3,(H,15,16)(H,17,18). The molecule has 0 heterocycles. The van der Waals surface area contributed by atoms with Gasteiger partial charge in [0.05, 0.1) is 5.41 Å². The van der Waals surface area contributed by atoms with Gasteiger partial charge in [-0.05, 0) is 25.2 Å². The van der Waals surface area contributed by atoms with Gasteiger partial charge in [-0.1, -0.05) is 33.1 Å². The zero-order valence-electron chi connectivity index (χ0n) is 11.5. The van der Waals surface area contributed by atoms with E-state index in [9.17, 15) is 14.7 Å². The summed E-state index contributed by atoms with van der Waals surface area (Å²) in [6, 6.07) is 0. The summed E-state index contributed by atoms with van der Waals surface area (Å²) in [4.78, 5) is 23.0. The van der Waals surface area contributed by atoms with E-state index in [1.54, 1.807) is 0 Å². The Morgan fingerprint density at radius 3 is 2.28 bits per heavy atom. The molecule has 0 saturated heterocycles. The minimum atomic E-state index is -0.813. The number of amides is 1. The third kappa shape index (κ3) is 3.72. The maximum absolute atomic E-state index is 11.7. The molecule has 0 aliphatic heterocycles. The maximum Gasteiger partial charge on any atom is 0.311 e. The molecule has 104 valence electrons. The number of hydrogen-bond donors (Lipinski definition) is 2. The van der Waals surface area contributed by atoms with E-state index in [0.29, 0.717) is 19.3 Å². The van der Waals surface area contributed by atoms with Gasteiger partial charge in [0.15, 0.2) is 0 Å². The topological polar surface area (TPSA) is 66.4 Å². The number of aliphatic carboxylic acids is 1. The van der Waals surface area contributed by atoms with Crippen LogP contribution in [0.2, 0.25) is 0 Å². The summed E-state index contributed by atoms with van der Waals surface area (Å²) in [7, 11) is 0. The quantitative estimate of drug-likeness (QED) is 0.700. The van der Waals surface area contributed by atoms with E-state index in [1.807, 2.05) is 13.8 Å². The third-order valence-electron chi connectivity index (χ3n) is 4.44. The molecule has 1 aliphatic rings. The first-order valence-corrected chi connectivity index (χ1v) is 7.04. The van der Waals surface area contributed by atoms with E-state index in [1.165, 1.54) is 19.3 Å². The number of carbonyl (C=O) groups excluding carboxylic acids is 1. The normalized spacial score (nSPS) is 16.1. The van der Waals surface area contributed by atoms with Crippen molar-refractivity contribution in [1.29, 1.82) is 0 Å². The largest absolute Gasteiger partial charge is 0.481 e. The summed E-state index contributed by atoms with van der Waals surface area (Å²) in [6.07, 6.45) is 6.36. The lowest BCUT2D eigenvalue weighted by molar-refractivity contribution is -0.149. The fourth-order valence-electron chi connectivity index (χ4n) is 2.35. The third-order valence-corrected chi connectivity index (χ3v) is 4.44. The van der Waals surface area contributed by atoms with Gasteiger partial charge in [0, 0.05) is 13.0 Å². The highest BCUT2D eigenvalue weighted by Crippen LogP contribution is 2.30. The first kappa shape index (κ1) is 15.0. The van der Waals surface area contributed by atoms with Crippen LogP contribution in [0.4, 0.5) is 0 Å². The zero-order valence-corrected chi connectivity index (χ0v) is 11.5. The summed E-state index contributed by atoms with van der Waals surface area (Å²) < 4.78 is 0. The molecule has 0 atom stereocenters. The van der Waals surface area contributed by atoms with Crippen LogP contribution >= 0.6 is 0 Å². The lowest BCUT2D eigenvalue weighted by Gasteiger charge is -2.27. The molecule has 1 rings (SSSR count). The Morgan fingerprint density at radius 2 is 1.89 bits per heavy atom. The second-order valence-electron chi connectivity index (χ2n) is 5.40. The van der Waals surface area contributed by atoms with Gasteiger partial charge in [-0.3, -0.25) is 9.59 Å². The predicted molar refractivity (Wildman–Crippen MR) is 70.2 cm³/mol. The van der Waals surface area contributed by atoms with E-state index >= 15 is 0 Å². The minimum absolute atomic E-state index is 0.00516. The van der Waals surface area contributed by atoms with E-state index in [-0.39, 0.29) is 12.5 Å². The Bertz CT molecular complexity index is 293. The number of hydrogen-bond acceptors (Lipinski definition) is 2. The molecule has 0 aromatic heterocycles. The summed E-state index contributed by atoms with van der Waals surface area (Å²) in [6.45, 7) is 3.97. The molecule has 4 heteroatoms. The highest BCUT2D eigenvalue weighted by molar-refractivity contribution is 5.79. The van der Waals surface area contributed by atoms with E-state index in [2.05, 4.69) is 5.32 Å². The molecule has 1 fully saturated rings. The number of carbonyl (C=O) groups is 2. The molecule has 2 N–H and O–H groups in total. The van der Waals surface area contributed by atoms with Gasteiger partial charge < -0.3 is 10.4 Å². The van der Waals surface area contributed by atoms with Crippen LogP contribution in [-0.4, -0.2) is 23.5 Å². The molecule has 1 saturated carbocycles. The highest BCUT2D eigenvalue weighted by atomic mass is 16.4. The SMILES string of the molecule is CCC(CC)(CNC(=O)CCC1CCC1)C(=O)O. The molecular weight excluding hydrogens is 230 g/mol. The molecular formula is C14H25NO3. The maximum atomic E-state index is 11.7. The average Bonchev–Trinajstić information content (AvgIpc) is 2.28. The Labute approximate surface area is 109 Å². The molecule has 1 amide bonds. The fourth-order valence-corrected chi connectivity index (χ4v) is 2.35. The first-order chi connectivity index (χ1) is 8.54. The summed E-state index contributed by atoms with van der Waals surface area (Å²) in [5.74, 6) is -0.0986. The average molecular weight is 255 g/mol. The minimum Gasteiger partial charge on any atom is -0.481 e. The molecule has 0 radical (unpaired) electrons. The Kier molecular flexibility index (Phi) is 5.63. The summed E-state index contributed by atoms with van der Waals surface area (Å²) >= 11 is 0. The number of nitrogens with one attached hydrogen (secondary N) is 1. The molecule has 0 unspecified atom stereocenters. The molecule has 0 aromatic carbocycles. The Balaban J connectivity index is 2.31. The summed E-state index contributed by atoms with van der Waals surface area (Å²) in [5, 5.41) is 12.0. The van der Waals surface area contributed by atoms with Gasteiger partial charge in [0.25, 0.3) is 0 Å². The first-order valence-electron chi connectivity index (χ1n) is 7.04. The fraction of sp³-hybridized carbons (Fsp3) is 0.857. The van der Waals surface area contributed by atoms with Gasteiger partial charge >= 0.3 is 5.97 Å². The van der Waals surface area contributed by atoms with Gasteiger partial charge in [0.2, 0.25) is 5.91 Å². The van der Waals surface area contributed by atoms with Crippen molar-refractivity contribution in [2.75, 3.05) is 6.54 Å². The van der Waals surface area contributed by atoms with Crippen molar-refractivity contribution in [3.05, 3.63) is 0 Å². The van der Waals surface area contributed by atoms with Crippen molar-refractivity contribution in [3.8, 4) is 0 Å². The molecule has 0 aromatic rings. The predicted octanol–water partition coefficient (Wildman–Crippen LogP) is 2.57. The molecule has 1 aliphatic carbocycles. The van der Waals surface area contributed by atoms with Gasteiger partial charge in [-0.25, -0.2) is 0 Å². The van der Waals surface area contributed by atoms with Crippen LogP contribution in [0.5, 0.6) is 0 Å². The van der Waals surface area contributed by atoms with Crippen LogP contribution in [0.25, 0.3) is 0 Å². The van der Waals surface area contributed by atoms with Crippen molar-refractivity contribution in [2.45, 2.75) is 58.8 Å². The Hall–Kier alpha value is -1.06. The smallest absolute Gasteiger partial charge is 0.311 e. The van der Waals surface area contributed by atoms with Crippen LogP contribution in [0, 0.1) is 11.3 Å². The van der Waals surface area contributed by atoms with E-state index in [4.69, 9.17) is 0 Å².